The van der Waals surface area contributed by atoms with Crippen molar-refractivity contribution in [1.82, 2.24) is 4.90 Å². The summed E-state index contributed by atoms with van der Waals surface area (Å²) in [6.07, 6.45) is 5.90. The van der Waals surface area contributed by atoms with Gasteiger partial charge in [0.15, 0.2) is 5.96 Å². The summed E-state index contributed by atoms with van der Waals surface area (Å²) in [5, 5.41) is 3.07. The van der Waals surface area contributed by atoms with Crippen molar-refractivity contribution in [1.29, 1.82) is 0 Å². The molecular formula is C19H31IN4O. The van der Waals surface area contributed by atoms with Crippen molar-refractivity contribution < 1.29 is 4.79 Å². The lowest BCUT2D eigenvalue weighted by Gasteiger charge is -2.30. The minimum Gasteiger partial charge on any atom is -0.370 e. The van der Waals surface area contributed by atoms with E-state index in [1.165, 1.54) is 24.8 Å². The Morgan fingerprint density at radius 2 is 2.00 bits per heavy atom. The van der Waals surface area contributed by atoms with Crippen LogP contribution in [0.15, 0.2) is 29.3 Å². The van der Waals surface area contributed by atoms with Crippen LogP contribution in [-0.4, -0.2) is 36.4 Å². The molecule has 3 N–H and O–H groups in total. The number of benzene rings is 1. The number of rotatable bonds is 5. The summed E-state index contributed by atoms with van der Waals surface area (Å²) in [4.78, 5) is 18.3. The monoisotopic (exact) mass is 458 g/mol. The highest BCUT2D eigenvalue weighted by atomic mass is 127. The molecule has 0 radical (unpaired) electrons. The Morgan fingerprint density at radius 3 is 2.64 bits per heavy atom. The molecule has 1 saturated carbocycles. The van der Waals surface area contributed by atoms with Gasteiger partial charge in [-0.3, -0.25) is 4.79 Å². The molecule has 0 bridgehead atoms. The van der Waals surface area contributed by atoms with Crippen molar-refractivity contribution >= 4 is 41.5 Å². The van der Waals surface area contributed by atoms with Gasteiger partial charge < -0.3 is 16.0 Å². The van der Waals surface area contributed by atoms with Gasteiger partial charge in [-0.15, -0.1) is 24.0 Å². The first-order valence-corrected chi connectivity index (χ1v) is 8.90. The van der Waals surface area contributed by atoms with Crippen LogP contribution in [0.4, 0.5) is 5.69 Å². The third kappa shape index (κ3) is 6.84. The average molecular weight is 458 g/mol. The molecule has 0 aliphatic heterocycles. The van der Waals surface area contributed by atoms with E-state index in [0.29, 0.717) is 12.0 Å². The molecule has 6 heteroatoms. The molecule has 1 aliphatic rings. The zero-order valence-corrected chi connectivity index (χ0v) is 17.8. The van der Waals surface area contributed by atoms with Crippen LogP contribution in [0.1, 0.15) is 57.4 Å². The summed E-state index contributed by atoms with van der Waals surface area (Å²) in [5.41, 5.74) is 8.06. The van der Waals surface area contributed by atoms with Crippen LogP contribution in [0.3, 0.4) is 0 Å². The Kier molecular flexibility index (Phi) is 9.24. The van der Waals surface area contributed by atoms with E-state index in [2.05, 4.69) is 36.3 Å². The molecule has 1 fully saturated rings. The Hall–Kier alpha value is -1.31. The zero-order chi connectivity index (χ0) is 17.5. The number of carbonyl (C=O) groups excluding carboxylic acids is 1. The molecular weight excluding hydrogens is 427 g/mol. The number of amides is 1. The van der Waals surface area contributed by atoms with Crippen LogP contribution >= 0.6 is 24.0 Å². The lowest BCUT2D eigenvalue weighted by Crippen LogP contribution is -2.40. The van der Waals surface area contributed by atoms with Gasteiger partial charge in [0.25, 0.3) is 0 Å². The van der Waals surface area contributed by atoms with Gasteiger partial charge in [-0.1, -0.05) is 45.2 Å². The van der Waals surface area contributed by atoms with Gasteiger partial charge in [-0.2, -0.15) is 0 Å². The summed E-state index contributed by atoms with van der Waals surface area (Å²) < 4.78 is 0. The van der Waals surface area contributed by atoms with Gasteiger partial charge in [0.1, 0.15) is 6.54 Å². The van der Waals surface area contributed by atoms with E-state index in [9.17, 15) is 4.79 Å². The van der Waals surface area contributed by atoms with Crippen LogP contribution in [0.5, 0.6) is 0 Å². The predicted molar refractivity (Wildman–Crippen MR) is 116 cm³/mol. The molecule has 0 heterocycles. The summed E-state index contributed by atoms with van der Waals surface area (Å²) in [7, 11) is 1.88. The second kappa shape index (κ2) is 10.6. The Balaban J connectivity index is 0.00000312. The number of carbonyl (C=O) groups is 1. The Labute approximate surface area is 168 Å². The number of halogens is 1. The molecule has 25 heavy (non-hydrogen) atoms. The van der Waals surface area contributed by atoms with Crippen molar-refractivity contribution in [2.45, 2.75) is 57.9 Å². The van der Waals surface area contributed by atoms with E-state index in [1.54, 1.807) is 0 Å². The maximum absolute atomic E-state index is 12.3. The minimum absolute atomic E-state index is 0. The number of aliphatic imine (C=N–C) groups is 1. The van der Waals surface area contributed by atoms with E-state index in [4.69, 9.17) is 5.73 Å². The summed E-state index contributed by atoms with van der Waals surface area (Å²) in [6, 6.07) is 8.45. The van der Waals surface area contributed by atoms with Crippen molar-refractivity contribution in [3.63, 3.8) is 0 Å². The van der Waals surface area contributed by atoms with E-state index < -0.39 is 0 Å². The fraction of sp³-hybridized carbons (Fsp3) is 0.579. The number of nitrogens with zero attached hydrogens (tertiary/aromatic N) is 2. The number of guanidine groups is 1. The number of nitrogens with two attached hydrogens (primary N) is 1. The second-order valence-electron chi connectivity index (χ2n) is 6.90. The van der Waals surface area contributed by atoms with Crippen molar-refractivity contribution in [2.24, 2.45) is 10.7 Å². The largest absolute Gasteiger partial charge is 0.370 e. The fourth-order valence-electron chi connectivity index (χ4n) is 3.10. The minimum atomic E-state index is 0. The lowest BCUT2D eigenvalue weighted by atomic mass is 9.94. The fourth-order valence-corrected chi connectivity index (χ4v) is 3.10. The van der Waals surface area contributed by atoms with Crippen molar-refractivity contribution in [3.05, 3.63) is 29.8 Å². The molecule has 1 aliphatic carbocycles. The van der Waals surface area contributed by atoms with E-state index in [0.717, 1.165) is 18.5 Å². The molecule has 1 amide bonds. The van der Waals surface area contributed by atoms with Crippen LogP contribution < -0.4 is 11.1 Å². The molecule has 0 aromatic heterocycles. The maximum Gasteiger partial charge on any atom is 0.244 e. The van der Waals surface area contributed by atoms with Crippen LogP contribution in [0.2, 0.25) is 0 Å². The van der Waals surface area contributed by atoms with Crippen LogP contribution in [0, 0.1) is 0 Å². The van der Waals surface area contributed by atoms with Gasteiger partial charge in [-0.25, -0.2) is 4.99 Å². The van der Waals surface area contributed by atoms with Crippen LogP contribution in [-0.2, 0) is 4.79 Å². The highest BCUT2D eigenvalue weighted by molar-refractivity contribution is 14.0. The first kappa shape index (κ1) is 21.7. The SMILES string of the molecule is CC(C)c1cccc(NC(N)=NCC(=O)N(C)C2CCCCC2)c1.I. The van der Waals surface area contributed by atoms with Gasteiger partial charge >= 0.3 is 0 Å². The lowest BCUT2D eigenvalue weighted by molar-refractivity contribution is -0.130. The normalized spacial score (nSPS) is 15.6. The third-order valence-corrected chi connectivity index (χ3v) is 4.73. The first-order chi connectivity index (χ1) is 11.5. The summed E-state index contributed by atoms with van der Waals surface area (Å²) in [6.45, 7) is 4.39. The van der Waals surface area contributed by atoms with Gasteiger partial charge in [0.2, 0.25) is 5.91 Å². The smallest absolute Gasteiger partial charge is 0.244 e. The number of hydrogen-bond acceptors (Lipinski definition) is 2. The van der Waals surface area contributed by atoms with Crippen LogP contribution in [0.25, 0.3) is 0 Å². The van der Waals surface area contributed by atoms with E-state index >= 15 is 0 Å². The highest BCUT2D eigenvalue weighted by Crippen LogP contribution is 2.21. The molecule has 2 rings (SSSR count). The molecule has 0 atom stereocenters. The molecule has 140 valence electrons. The van der Waals surface area contributed by atoms with Crippen molar-refractivity contribution in [2.75, 3.05) is 18.9 Å². The quantitative estimate of drug-likeness (QED) is 0.399. The Bertz CT molecular complexity index is 583. The molecule has 0 saturated heterocycles. The van der Waals surface area contributed by atoms with Gasteiger partial charge in [0.05, 0.1) is 0 Å². The highest BCUT2D eigenvalue weighted by Gasteiger charge is 2.21. The number of anilines is 1. The predicted octanol–water partition coefficient (Wildman–Crippen LogP) is 3.95. The molecule has 1 aromatic rings. The molecule has 0 unspecified atom stereocenters. The van der Waals surface area contributed by atoms with Gasteiger partial charge in [0, 0.05) is 18.8 Å². The number of nitrogens with one attached hydrogen (secondary N) is 1. The second-order valence-corrected chi connectivity index (χ2v) is 6.90. The van der Waals surface area contributed by atoms with Gasteiger partial charge in [-0.05, 0) is 36.5 Å². The zero-order valence-electron chi connectivity index (χ0n) is 15.5. The standard InChI is InChI=1S/C19H30N4O.HI/c1-14(2)15-8-7-9-16(12-15)22-19(20)21-13-18(24)23(3)17-10-5-4-6-11-17;/h7-9,12,14,17H,4-6,10-11,13H2,1-3H3,(H3,20,21,22);1H. The first-order valence-electron chi connectivity index (χ1n) is 8.90. The third-order valence-electron chi connectivity index (χ3n) is 4.73. The molecule has 0 spiro atoms. The van der Waals surface area contributed by atoms with E-state index in [-0.39, 0.29) is 42.4 Å². The summed E-state index contributed by atoms with van der Waals surface area (Å²) >= 11 is 0. The molecule has 5 nitrogen and oxygen atoms in total. The number of hydrogen-bond donors (Lipinski definition) is 2. The molecule has 1 aromatic carbocycles. The maximum atomic E-state index is 12.3. The summed E-state index contributed by atoms with van der Waals surface area (Å²) in [5.74, 6) is 0.763. The van der Waals surface area contributed by atoms with E-state index in [1.807, 2.05) is 24.1 Å². The number of likely N-dealkylation sites (N-methyl/N-ethyl adjacent to an activating group) is 1. The topological polar surface area (TPSA) is 70.7 Å². The Morgan fingerprint density at radius 1 is 1.32 bits per heavy atom. The van der Waals surface area contributed by atoms with Crippen molar-refractivity contribution in [3.8, 4) is 0 Å². The average Bonchev–Trinajstić information content (AvgIpc) is 2.60.